The Morgan fingerprint density at radius 1 is 1.27 bits per heavy atom. The zero-order valence-electron chi connectivity index (χ0n) is 8.60. The smallest absolute Gasteiger partial charge is 0.233 e. The molecule has 2 fully saturated rings. The molecule has 1 aromatic rings. The van der Waals surface area contributed by atoms with E-state index in [0.717, 1.165) is 12.8 Å². The molecule has 2 atom stereocenters. The van der Waals surface area contributed by atoms with Crippen molar-refractivity contribution in [3.05, 3.63) is 18.3 Å². The largest absolute Gasteiger partial charge is 0.473 e. The van der Waals surface area contributed by atoms with Crippen LogP contribution in [-0.2, 0) is 0 Å². The Balaban J connectivity index is 1.65. The topological polar surface area (TPSA) is 47.0 Å². The molecule has 0 radical (unpaired) electrons. The third-order valence-corrected chi connectivity index (χ3v) is 3.27. The van der Waals surface area contributed by atoms with Gasteiger partial charge in [0.15, 0.2) is 0 Å². The van der Waals surface area contributed by atoms with Crippen LogP contribution in [0.5, 0.6) is 5.88 Å². The van der Waals surface area contributed by atoms with Gasteiger partial charge in [-0.05, 0) is 31.7 Å². The molecular weight excluding hydrogens is 190 g/mol. The van der Waals surface area contributed by atoms with E-state index in [1.807, 2.05) is 12.1 Å². The van der Waals surface area contributed by atoms with Gasteiger partial charge in [-0.2, -0.15) is 5.10 Å². The summed E-state index contributed by atoms with van der Waals surface area (Å²) in [4.78, 5) is 0. The van der Waals surface area contributed by atoms with E-state index >= 15 is 0 Å². The van der Waals surface area contributed by atoms with Crippen LogP contribution in [0.2, 0.25) is 0 Å². The van der Waals surface area contributed by atoms with Crippen molar-refractivity contribution < 1.29 is 4.74 Å². The Kier molecular flexibility index (Phi) is 2.29. The van der Waals surface area contributed by atoms with Gasteiger partial charge in [0.2, 0.25) is 5.88 Å². The molecule has 80 valence electrons. The van der Waals surface area contributed by atoms with Crippen LogP contribution in [0.15, 0.2) is 18.3 Å². The maximum Gasteiger partial charge on any atom is 0.233 e. The molecule has 1 N–H and O–H groups in total. The van der Waals surface area contributed by atoms with Gasteiger partial charge in [-0.15, -0.1) is 5.10 Å². The lowest BCUT2D eigenvalue weighted by molar-refractivity contribution is 0.130. The molecule has 4 nitrogen and oxygen atoms in total. The maximum absolute atomic E-state index is 5.82. The molecule has 15 heavy (non-hydrogen) atoms. The zero-order valence-corrected chi connectivity index (χ0v) is 8.60. The molecular formula is C11H15N3O. The molecule has 4 heteroatoms. The Morgan fingerprint density at radius 2 is 2.07 bits per heavy atom. The zero-order chi connectivity index (χ0) is 10.1. The molecule has 3 rings (SSSR count). The standard InChI is InChI=1S/C11H15N3O/c1-2-11(14-12-5-1)15-10-6-8-3-4-9(7-10)13-8/h1-2,5,8-10,13H,3-4,6-7H2. The lowest BCUT2D eigenvalue weighted by Gasteiger charge is -2.28. The van der Waals surface area contributed by atoms with Crippen LogP contribution in [0.25, 0.3) is 0 Å². The first kappa shape index (κ1) is 9.09. The molecule has 1 aromatic heterocycles. The number of ether oxygens (including phenoxy) is 1. The van der Waals surface area contributed by atoms with Gasteiger partial charge in [-0.1, -0.05) is 0 Å². The number of fused-ring (bicyclic) bond motifs is 2. The van der Waals surface area contributed by atoms with Crippen molar-refractivity contribution in [2.45, 2.75) is 43.9 Å². The molecule has 2 bridgehead atoms. The predicted molar refractivity (Wildman–Crippen MR) is 55.6 cm³/mol. The first-order chi connectivity index (χ1) is 7.40. The summed E-state index contributed by atoms with van der Waals surface area (Å²) in [5.74, 6) is 0.656. The summed E-state index contributed by atoms with van der Waals surface area (Å²) in [6, 6.07) is 5.05. The van der Waals surface area contributed by atoms with E-state index in [4.69, 9.17) is 4.74 Å². The van der Waals surface area contributed by atoms with Crippen molar-refractivity contribution in [3.63, 3.8) is 0 Å². The number of rotatable bonds is 2. The van der Waals surface area contributed by atoms with Gasteiger partial charge in [0.05, 0.1) is 0 Å². The van der Waals surface area contributed by atoms with E-state index < -0.39 is 0 Å². The molecule has 2 aliphatic rings. The number of piperidine rings is 1. The van der Waals surface area contributed by atoms with Gasteiger partial charge in [-0.25, -0.2) is 0 Å². The summed E-state index contributed by atoms with van der Waals surface area (Å²) < 4.78 is 5.82. The highest BCUT2D eigenvalue weighted by Gasteiger charge is 2.34. The van der Waals surface area contributed by atoms with Crippen molar-refractivity contribution in [1.29, 1.82) is 0 Å². The third-order valence-electron chi connectivity index (χ3n) is 3.27. The molecule has 0 aromatic carbocycles. The average molecular weight is 205 g/mol. The lowest BCUT2D eigenvalue weighted by atomic mass is 10.0. The average Bonchev–Trinajstić information content (AvgIpc) is 2.60. The Labute approximate surface area is 89.0 Å². The van der Waals surface area contributed by atoms with E-state index in [2.05, 4.69) is 15.5 Å². The van der Waals surface area contributed by atoms with Crippen molar-refractivity contribution in [1.82, 2.24) is 15.5 Å². The van der Waals surface area contributed by atoms with E-state index in [-0.39, 0.29) is 0 Å². The quantitative estimate of drug-likeness (QED) is 0.786. The number of nitrogens with zero attached hydrogens (tertiary/aromatic N) is 2. The second-order valence-electron chi connectivity index (χ2n) is 4.41. The summed E-state index contributed by atoms with van der Waals surface area (Å²) in [6.45, 7) is 0. The number of aromatic nitrogens is 2. The normalized spacial score (nSPS) is 34.0. The molecule has 0 amide bonds. The summed E-state index contributed by atoms with van der Waals surface area (Å²) in [5, 5.41) is 11.4. The van der Waals surface area contributed by atoms with Crippen LogP contribution in [-0.4, -0.2) is 28.4 Å². The second-order valence-corrected chi connectivity index (χ2v) is 4.41. The van der Waals surface area contributed by atoms with Gasteiger partial charge in [-0.3, -0.25) is 0 Å². The number of hydrogen-bond acceptors (Lipinski definition) is 4. The van der Waals surface area contributed by atoms with Crippen LogP contribution >= 0.6 is 0 Å². The molecule has 2 aliphatic heterocycles. The summed E-state index contributed by atoms with van der Waals surface area (Å²) >= 11 is 0. The van der Waals surface area contributed by atoms with Crippen LogP contribution in [0.4, 0.5) is 0 Å². The monoisotopic (exact) mass is 205 g/mol. The van der Waals surface area contributed by atoms with Crippen LogP contribution in [0.1, 0.15) is 25.7 Å². The minimum atomic E-state index is 0.320. The van der Waals surface area contributed by atoms with Crippen molar-refractivity contribution >= 4 is 0 Å². The Morgan fingerprint density at radius 3 is 2.73 bits per heavy atom. The third kappa shape index (κ3) is 1.95. The highest BCUT2D eigenvalue weighted by atomic mass is 16.5. The highest BCUT2D eigenvalue weighted by molar-refractivity contribution is 5.07. The fraction of sp³-hybridized carbons (Fsp3) is 0.636. The minimum Gasteiger partial charge on any atom is -0.473 e. The minimum absolute atomic E-state index is 0.320. The predicted octanol–water partition coefficient (Wildman–Crippen LogP) is 1.14. The Hall–Kier alpha value is -1.16. The van der Waals surface area contributed by atoms with Crippen molar-refractivity contribution in [3.8, 4) is 5.88 Å². The SMILES string of the molecule is c1cnnc(OC2CC3CCC(C2)N3)c1. The number of hydrogen-bond donors (Lipinski definition) is 1. The summed E-state index contributed by atoms with van der Waals surface area (Å²) in [6.07, 6.45) is 6.79. The van der Waals surface area contributed by atoms with Crippen LogP contribution in [0, 0.1) is 0 Å². The molecule has 0 aliphatic carbocycles. The second kappa shape index (κ2) is 3.77. The first-order valence-corrected chi connectivity index (χ1v) is 5.60. The highest BCUT2D eigenvalue weighted by Crippen LogP contribution is 2.28. The van der Waals surface area contributed by atoms with Crippen molar-refractivity contribution in [2.75, 3.05) is 0 Å². The maximum atomic E-state index is 5.82. The molecule has 3 heterocycles. The van der Waals surface area contributed by atoms with E-state index in [9.17, 15) is 0 Å². The number of nitrogens with one attached hydrogen (secondary N) is 1. The Bertz CT molecular complexity index is 318. The lowest BCUT2D eigenvalue weighted by Crippen LogP contribution is -2.42. The van der Waals surface area contributed by atoms with Crippen LogP contribution in [0.3, 0.4) is 0 Å². The first-order valence-electron chi connectivity index (χ1n) is 5.60. The fourth-order valence-electron chi connectivity index (χ4n) is 2.62. The van der Waals surface area contributed by atoms with E-state index in [0.29, 0.717) is 24.1 Å². The van der Waals surface area contributed by atoms with Gasteiger partial charge < -0.3 is 10.1 Å². The molecule has 0 saturated carbocycles. The molecule has 0 spiro atoms. The van der Waals surface area contributed by atoms with Gasteiger partial charge in [0, 0.05) is 24.3 Å². The van der Waals surface area contributed by atoms with Gasteiger partial charge in [0.1, 0.15) is 6.10 Å². The van der Waals surface area contributed by atoms with Crippen molar-refractivity contribution in [2.24, 2.45) is 0 Å². The molecule has 2 unspecified atom stereocenters. The van der Waals surface area contributed by atoms with Gasteiger partial charge in [0.25, 0.3) is 0 Å². The molecule has 2 saturated heterocycles. The van der Waals surface area contributed by atoms with E-state index in [1.165, 1.54) is 12.8 Å². The summed E-state index contributed by atoms with van der Waals surface area (Å²) in [7, 11) is 0. The fourth-order valence-corrected chi connectivity index (χ4v) is 2.62. The van der Waals surface area contributed by atoms with E-state index in [1.54, 1.807) is 6.20 Å². The van der Waals surface area contributed by atoms with Gasteiger partial charge >= 0.3 is 0 Å². The summed E-state index contributed by atoms with van der Waals surface area (Å²) in [5.41, 5.74) is 0. The van der Waals surface area contributed by atoms with Crippen LogP contribution < -0.4 is 10.1 Å².